The number of hydrogen-bond acceptors (Lipinski definition) is 0. The van der Waals surface area contributed by atoms with E-state index in [1.165, 1.54) is 11.0 Å². The normalized spacial score (nSPS) is 10.6. The largest absolute Gasteiger partial charge is 0.368 e. The van der Waals surface area contributed by atoms with E-state index in [1.807, 2.05) is 26.0 Å². The van der Waals surface area contributed by atoms with Gasteiger partial charge in [-0.3, -0.25) is 0 Å². The zero-order chi connectivity index (χ0) is 7.84. The molecule has 3 heteroatoms. The molecule has 0 amide bonds. The second kappa shape index (κ2) is 2.31. The lowest BCUT2D eigenvalue weighted by molar-refractivity contribution is 1.54. The first-order chi connectivity index (χ1) is 5.25. The average Bonchev–Trinajstić information content (AvgIpc) is 2.27. The summed E-state index contributed by atoms with van der Waals surface area (Å²) in [6.07, 6.45) is 0. The van der Waals surface area contributed by atoms with Crippen LogP contribution in [-0.4, -0.2) is 12.8 Å². The van der Waals surface area contributed by atoms with Crippen LogP contribution in [0.15, 0.2) is 24.3 Å². The molecule has 0 fully saturated rings. The average molecular weight is 163 g/mol. The Morgan fingerprint density at radius 3 is 2.91 bits per heavy atom. The van der Waals surface area contributed by atoms with Crippen LogP contribution in [0.3, 0.4) is 0 Å². The third-order valence-corrected chi connectivity index (χ3v) is 1.95. The van der Waals surface area contributed by atoms with E-state index < -0.39 is 0 Å². The number of halogens is 1. The van der Waals surface area contributed by atoms with E-state index in [2.05, 4.69) is 11.1 Å². The van der Waals surface area contributed by atoms with Crippen LogP contribution in [0.2, 0.25) is 5.02 Å². The molecule has 0 unspecified atom stereocenters. The maximum atomic E-state index is 5.81. The lowest BCUT2D eigenvalue weighted by atomic mass is 10.1. The molecule has 0 saturated carbocycles. The lowest BCUT2D eigenvalue weighted by Gasteiger charge is -1.88. The van der Waals surface area contributed by atoms with Crippen molar-refractivity contribution in [3.63, 3.8) is 0 Å². The molecule has 1 heterocycles. The second-order valence-corrected chi connectivity index (χ2v) is 3.12. The molecule has 0 aliphatic heterocycles. The number of aromatic amines is 1. The van der Waals surface area contributed by atoms with Crippen molar-refractivity contribution in [2.75, 3.05) is 0 Å². The Bertz CT molecular complexity index is 394. The maximum absolute atomic E-state index is 5.81. The molecule has 54 valence electrons. The van der Waals surface area contributed by atoms with Crippen molar-refractivity contribution in [3.05, 3.63) is 29.3 Å². The molecule has 0 spiro atoms. The van der Waals surface area contributed by atoms with E-state index in [9.17, 15) is 0 Å². The van der Waals surface area contributed by atoms with Gasteiger partial charge in [0.15, 0.2) is 7.85 Å². The molecule has 1 aromatic carbocycles. The molecule has 0 radical (unpaired) electrons. The predicted molar refractivity (Wildman–Crippen MR) is 51.5 cm³/mol. The summed E-state index contributed by atoms with van der Waals surface area (Å²) in [5, 5.41) is 1.96. The van der Waals surface area contributed by atoms with Crippen LogP contribution in [-0.2, 0) is 0 Å². The van der Waals surface area contributed by atoms with Gasteiger partial charge in [-0.2, -0.15) is 0 Å². The molecule has 0 aliphatic rings. The van der Waals surface area contributed by atoms with E-state index in [0.29, 0.717) is 0 Å². The highest BCUT2D eigenvalue weighted by atomic mass is 35.5. The van der Waals surface area contributed by atoms with E-state index in [0.717, 1.165) is 10.5 Å². The summed E-state index contributed by atoms with van der Waals surface area (Å²) < 4.78 is 0. The fourth-order valence-corrected chi connectivity index (χ4v) is 1.43. The molecule has 0 aliphatic carbocycles. The Morgan fingerprint density at radius 1 is 1.27 bits per heavy atom. The van der Waals surface area contributed by atoms with Crippen molar-refractivity contribution < 1.29 is 0 Å². The van der Waals surface area contributed by atoms with Crippen LogP contribution in [0.25, 0.3) is 10.9 Å². The zero-order valence-electron chi connectivity index (χ0n) is 6.19. The topological polar surface area (TPSA) is 15.8 Å². The van der Waals surface area contributed by atoms with E-state index in [4.69, 9.17) is 11.6 Å². The van der Waals surface area contributed by atoms with E-state index in [-0.39, 0.29) is 0 Å². The van der Waals surface area contributed by atoms with Crippen LogP contribution >= 0.6 is 11.6 Å². The van der Waals surface area contributed by atoms with Gasteiger partial charge in [0.2, 0.25) is 0 Å². The molecule has 1 N–H and O–H groups in total. The van der Waals surface area contributed by atoms with E-state index in [1.54, 1.807) is 0 Å². The Morgan fingerprint density at radius 2 is 2.09 bits per heavy atom. The quantitative estimate of drug-likeness (QED) is 0.560. The lowest BCUT2D eigenvalue weighted by Crippen LogP contribution is -1.99. The van der Waals surface area contributed by atoms with Gasteiger partial charge in [0.05, 0.1) is 0 Å². The summed E-state index contributed by atoms with van der Waals surface area (Å²) >= 11 is 5.81. The van der Waals surface area contributed by atoms with Gasteiger partial charge in [0.1, 0.15) is 0 Å². The number of fused-ring (bicyclic) bond motifs is 1. The van der Waals surface area contributed by atoms with E-state index >= 15 is 0 Å². The van der Waals surface area contributed by atoms with Crippen molar-refractivity contribution >= 4 is 35.9 Å². The van der Waals surface area contributed by atoms with Crippen LogP contribution in [0.4, 0.5) is 0 Å². The van der Waals surface area contributed by atoms with Gasteiger partial charge in [-0.15, -0.1) is 0 Å². The molecule has 2 aromatic rings. The van der Waals surface area contributed by atoms with Gasteiger partial charge < -0.3 is 4.98 Å². The Labute approximate surface area is 70.8 Å². The van der Waals surface area contributed by atoms with Crippen LogP contribution in [0.5, 0.6) is 0 Å². The van der Waals surface area contributed by atoms with Crippen molar-refractivity contribution in [2.45, 2.75) is 0 Å². The number of aromatic nitrogens is 1. The first kappa shape index (κ1) is 6.80. The molecule has 0 saturated heterocycles. The number of benzene rings is 1. The zero-order valence-corrected chi connectivity index (χ0v) is 6.94. The van der Waals surface area contributed by atoms with Crippen molar-refractivity contribution in [1.29, 1.82) is 0 Å². The summed E-state index contributed by atoms with van der Waals surface area (Å²) in [6, 6.07) is 7.92. The van der Waals surface area contributed by atoms with Crippen LogP contribution in [0, 0.1) is 0 Å². The number of hydrogen-bond donors (Lipinski definition) is 1. The van der Waals surface area contributed by atoms with Gasteiger partial charge in [-0.05, 0) is 29.9 Å². The Kier molecular flexibility index (Phi) is 1.43. The first-order valence-corrected chi connectivity index (χ1v) is 3.88. The third kappa shape index (κ3) is 1.14. The first-order valence-electron chi connectivity index (χ1n) is 3.50. The number of H-pyrrole nitrogens is 1. The molecule has 2 rings (SSSR count). The Balaban J connectivity index is 2.82. The Hall–Kier alpha value is -0.885. The van der Waals surface area contributed by atoms with Crippen molar-refractivity contribution in [1.82, 2.24) is 4.98 Å². The summed E-state index contributed by atoms with van der Waals surface area (Å²) in [4.78, 5) is 3.23. The second-order valence-electron chi connectivity index (χ2n) is 2.68. The smallest absolute Gasteiger partial charge is 0.160 e. The predicted octanol–water partition coefficient (Wildman–Crippen LogP) is 1.08. The SMILES string of the molecule is Bc1cc2cc(Cl)ccc2[nH]1. The third-order valence-electron chi connectivity index (χ3n) is 1.72. The fourth-order valence-electron chi connectivity index (χ4n) is 1.25. The molecule has 1 nitrogen and oxygen atoms in total. The summed E-state index contributed by atoms with van der Waals surface area (Å²) in [6.45, 7) is 0. The summed E-state index contributed by atoms with van der Waals surface area (Å²) in [7, 11) is 2.04. The molecular weight excluding hydrogens is 156 g/mol. The van der Waals surface area contributed by atoms with Crippen LogP contribution in [0.1, 0.15) is 0 Å². The highest BCUT2D eigenvalue weighted by molar-refractivity contribution is 6.33. The maximum Gasteiger partial charge on any atom is 0.160 e. The molecule has 0 bridgehead atoms. The minimum Gasteiger partial charge on any atom is -0.368 e. The minimum absolute atomic E-state index is 0.788. The number of rotatable bonds is 0. The summed E-state index contributed by atoms with van der Waals surface area (Å²) in [5.74, 6) is 0. The highest BCUT2D eigenvalue weighted by Crippen LogP contribution is 2.16. The molecular formula is C8H7BClN. The van der Waals surface area contributed by atoms with Crippen LogP contribution < -0.4 is 5.59 Å². The summed E-state index contributed by atoms with van der Waals surface area (Å²) in [5.41, 5.74) is 2.31. The minimum atomic E-state index is 0.788. The molecule has 0 atom stereocenters. The molecule has 1 aromatic heterocycles. The number of nitrogens with one attached hydrogen (secondary N) is 1. The fraction of sp³-hybridized carbons (Fsp3) is 0. The van der Waals surface area contributed by atoms with Gasteiger partial charge in [-0.25, -0.2) is 0 Å². The van der Waals surface area contributed by atoms with Gasteiger partial charge in [-0.1, -0.05) is 11.6 Å². The van der Waals surface area contributed by atoms with Gasteiger partial charge in [0.25, 0.3) is 0 Å². The highest BCUT2D eigenvalue weighted by Gasteiger charge is 1.96. The van der Waals surface area contributed by atoms with Crippen molar-refractivity contribution in [2.24, 2.45) is 0 Å². The monoisotopic (exact) mass is 163 g/mol. The van der Waals surface area contributed by atoms with Crippen molar-refractivity contribution in [3.8, 4) is 0 Å². The standard InChI is InChI=1S/C8H7BClN/c9-8-4-5-3-6(10)1-2-7(5)11-8/h1-4,11H,9H2. The van der Waals surface area contributed by atoms with Gasteiger partial charge in [0, 0.05) is 15.9 Å². The molecule has 11 heavy (non-hydrogen) atoms. The van der Waals surface area contributed by atoms with Gasteiger partial charge >= 0.3 is 0 Å².